The quantitative estimate of drug-likeness (QED) is 0.193. The van der Waals surface area contributed by atoms with E-state index < -0.39 is 29.6 Å². The number of rotatable bonds is 10. The van der Waals surface area contributed by atoms with E-state index in [2.05, 4.69) is 21.2 Å². The topological polar surface area (TPSA) is 111 Å². The number of anilines is 1. The van der Waals surface area contributed by atoms with Gasteiger partial charge in [-0.3, -0.25) is 19.3 Å². The van der Waals surface area contributed by atoms with Gasteiger partial charge in [0.2, 0.25) is 5.91 Å². The minimum absolute atomic E-state index is 0.0839. The van der Waals surface area contributed by atoms with Gasteiger partial charge in [0, 0.05) is 10.2 Å². The normalized spacial score (nSPS) is 13.9. The second-order valence-corrected chi connectivity index (χ2v) is 10.9. The fourth-order valence-corrected chi connectivity index (χ4v) is 5.03. The van der Waals surface area contributed by atoms with Gasteiger partial charge in [0.05, 0.1) is 29.2 Å². The summed E-state index contributed by atoms with van der Waals surface area (Å²) in [6.45, 7) is 1.65. The molecule has 4 rings (SSSR count). The summed E-state index contributed by atoms with van der Waals surface area (Å²) in [5.41, 5.74) is 1.94. The van der Waals surface area contributed by atoms with Crippen molar-refractivity contribution >= 4 is 74.1 Å². The molecule has 0 atom stereocenters. The SMILES string of the molecule is CCOC(=O)c1cc(NC(=O)CN2C(=O)S/C(=C\c3ccc(OCc4ccc(Br)cc4)c(OC)c3)C2=O)ccc1Cl. The van der Waals surface area contributed by atoms with Gasteiger partial charge in [0.1, 0.15) is 13.2 Å². The molecule has 0 unspecified atom stereocenters. The van der Waals surface area contributed by atoms with Crippen LogP contribution in [0.2, 0.25) is 5.02 Å². The van der Waals surface area contributed by atoms with E-state index in [0.29, 0.717) is 23.7 Å². The standard InChI is InChI=1S/C29H24BrClN2O7S/c1-3-39-28(36)21-14-20(9-10-22(21)31)32-26(34)15-33-27(35)25(41-29(33)37)13-18-6-11-23(24(12-18)38-2)40-16-17-4-7-19(30)8-5-17/h4-14H,3,15-16H2,1-2H3,(H,32,34)/b25-13-. The van der Waals surface area contributed by atoms with Gasteiger partial charge >= 0.3 is 5.97 Å². The third-order valence-electron chi connectivity index (χ3n) is 5.71. The highest BCUT2D eigenvalue weighted by atomic mass is 79.9. The Balaban J connectivity index is 1.41. The maximum atomic E-state index is 13.0. The summed E-state index contributed by atoms with van der Waals surface area (Å²) in [6.07, 6.45) is 1.55. The summed E-state index contributed by atoms with van der Waals surface area (Å²) >= 11 is 10.2. The number of benzene rings is 3. The van der Waals surface area contributed by atoms with Crippen LogP contribution >= 0.6 is 39.3 Å². The third kappa shape index (κ3) is 7.69. The predicted molar refractivity (Wildman–Crippen MR) is 160 cm³/mol. The highest BCUT2D eigenvalue weighted by molar-refractivity contribution is 9.10. The zero-order chi connectivity index (χ0) is 29.5. The maximum Gasteiger partial charge on any atom is 0.339 e. The molecule has 1 fully saturated rings. The maximum absolute atomic E-state index is 13.0. The van der Waals surface area contributed by atoms with E-state index in [0.717, 1.165) is 26.7 Å². The molecule has 1 aliphatic rings. The lowest BCUT2D eigenvalue weighted by atomic mass is 10.1. The number of esters is 1. The molecule has 0 radical (unpaired) electrons. The summed E-state index contributed by atoms with van der Waals surface area (Å²) in [5.74, 6) is -0.886. The molecule has 212 valence electrons. The Morgan fingerprint density at radius 3 is 2.51 bits per heavy atom. The Morgan fingerprint density at radius 2 is 1.80 bits per heavy atom. The highest BCUT2D eigenvalue weighted by Crippen LogP contribution is 2.35. The largest absolute Gasteiger partial charge is 0.493 e. The number of imide groups is 1. The lowest BCUT2D eigenvalue weighted by molar-refractivity contribution is -0.127. The van der Waals surface area contributed by atoms with Crippen molar-refractivity contribution in [1.29, 1.82) is 0 Å². The number of ether oxygens (including phenoxy) is 3. The molecule has 1 heterocycles. The number of thioether (sulfide) groups is 1. The lowest BCUT2D eigenvalue weighted by Gasteiger charge is -2.13. The number of carbonyl (C=O) groups is 4. The van der Waals surface area contributed by atoms with Crippen molar-refractivity contribution in [3.8, 4) is 11.5 Å². The molecule has 0 saturated carbocycles. The Kier molecular flexibility index (Phi) is 10.1. The predicted octanol–water partition coefficient (Wildman–Crippen LogP) is 6.54. The number of hydrogen-bond donors (Lipinski definition) is 1. The summed E-state index contributed by atoms with van der Waals surface area (Å²) in [5, 5.41) is 2.16. The minimum atomic E-state index is -0.634. The Labute approximate surface area is 253 Å². The zero-order valence-electron chi connectivity index (χ0n) is 21.9. The van der Waals surface area contributed by atoms with Crippen molar-refractivity contribution in [2.45, 2.75) is 13.5 Å². The molecular weight excluding hydrogens is 636 g/mol. The number of amides is 3. The first-order chi connectivity index (χ1) is 19.7. The second kappa shape index (κ2) is 13.7. The van der Waals surface area contributed by atoms with Crippen molar-refractivity contribution in [2.24, 2.45) is 0 Å². The fraction of sp³-hybridized carbons (Fsp3) is 0.172. The van der Waals surface area contributed by atoms with Crippen LogP contribution in [-0.4, -0.2) is 48.2 Å². The van der Waals surface area contributed by atoms with Gasteiger partial charge < -0.3 is 19.5 Å². The number of carbonyl (C=O) groups excluding carboxylic acids is 4. The van der Waals surface area contributed by atoms with Crippen LogP contribution in [0.25, 0.3) is 6.08 Å². The van der Waals surface area contributed by atoms with Gasteiger partial charge in [-0.1, -0.05) is 45.7 Å². The van der Waals surface area contributed by atoms with Crippen LogP contribution in [0.1, 0.15) is 28.4 Å². The summed E-state index contributed by atoms with van der Waals surface area (Å²) in [4.78, 5) is 51.3. The molecule has 3 aromatic rings. The van der Waals surface area contributed by atoms with Crippen molar-refractivity contribution in [3.63, 3.8) is 0 Å². The third-order valence-corrected chi connectivity index (χ3v) is 7.48. The Morgan fingerprint density at radius 1 is 1.05 bits per heavy atom. The molecule has 1 aliphatic heterocycles. The molecule has 9 nitrogen and oxygen atoms in total. The second-order valence-electron chi connectivity index (χ2n) is 8.56. The molecule has 0 aromatic heterocycles. The van der Waals surface area contributed by atoms with Gasteiger partial charge in [-0.15, -0.1) is 0 Å². The molecule has 3 aromatic carbocycles. The molecular formula is C29H24BrClN2O7S. The average molecular weight is 660 g/mol. The van der Waals surface area contributed by atoms with Gasteiger partial charge in [0.25, 0.3) is 11.1 Å². The van der Waals surface area contributed by atoms with Gasteiger partial charge in [-0.05, 0) is 78.4 Å². The van der Waals surface area contributed by atoms with Crippen molar-refractivity contribution in [2.75, 3.05) is 25.6 Å². The van der Waals surface area contributed by atoms with Gasteiger partial charge in [0.15, 0.2) is 11.5 Å². The van der Waals surface area contributed by atoms with Crippen LogP contribution in [0.15, 0.2) is 70.0 Å². The average Bonchev–Trinajstić information content (AvgIpc) is 3.21. The monoisotopic (exact) mass is 658 g/mol. The minimum Gasteiger partial charge on any atom is -0.493 e. The molecule has 0 bridgehead atoms. The van der Waals surface area contributed by atoms with Crippen LogP contribution in [-0.2, 0) is 20.9 Å². The van der Waals surface area contributed by atoms with Crippen molar-refractivity contribution < 1.29 is 33.4 Å². The number of hydrogen-bond acceptors (Lipinski definition) is 8. The number of nitrogens with one attached hydrogen (secondary N) is 1. The summed E-state index contributed by atoms with van der Waals surface area (Å²) < 4.78 is 17.3. The van der Waals surface area contributed by atoms with Crippen LogP contribution in [0.4, 0.5) is 10.5 Å². The fourth-order valence-electron chi connectivity index (χ4n) is 3.74. The molecule has 3 amide bonds. The van der Waals surface area contributed by atoms with E-state index >= 15 is 0 Å². The lowest BCUT2D eigenvalue weighted by Crippen LogP contribution is -2.36. The smallest absolute Gasteiger partial charge is 0.339 e. The first-order valence-electron chi connectivity index (χ1n) is 12.3. The van der Waals surface area contributed by atoms with Crippen LogP contribution in [0, 0.1) is 0 Å². The van der Waals surface area contributed by atoms with Gasteiger partial charge in [-0.25, -0.2) is 4.79 Å². The number of halogens is 2. The van der Waals surface area contributed by atoms with Crippen LogP contribution in [0.3, 0.4) is 0 Å². The number of methoxy groups -OCH3 is 1. The molecule has 0 aliphatic carbocycles. The zero-order valence-corrected chi connectivity index (χ0v) is 25.1. The van der Waals surface area contributed by atoms with E-state index in [1.165, 1.54) is 25.3 Å². The van der Waals surface area contributed by atoms with Gasteiger partial charge in [-0.2, -0.15) is 0 Å². The van der Waals surface area contributed by atoms with Crippen molar-refractivity contribution in [3.05, 3.63) is 91.8 Å². The van der Waals surface area contributed by atoms with E-state index in [1.54, 1.807) is 31.2 Å². The van der Waals surface area contributed by atoms with E-state index in [9.17, 15) is 19.2 Å². The molecule has 0 spiro atoms. The Hall–Kier alpha value is -3.80. The van der Waals surface area contributed by atoms with Crippen LogP contribution in [0.5, 0.6) is 11.5 Å². The first-order valence-corrected chi connectivity index (χ1v) is 14.2. The van der Waals surface area contributed by atoms with E-state index in [1.807, 2.05) is 24.3 Å². The van der Waals surface area contributed by atoms with E-state index in [-0.39, 0.29) is 27.8 Å². The van der Waals surface area contributed by atoms with E-state index in [4.69, 9.17) is 25.8 Å². The molecule has 12 heteroatoms. The van der Waals surface area contributed by atoms with Crippen LogP contribution < -0.4 is 14.8 Å². The molecule has 1 saturated heterocycles. The highest BCUT2D eigenvalue weighted by Gasteiger charge is 2.36. The first kappa shape index (κ1) is 30.2. The molecule has 1 N–H and O–H groups in total. The summed E-state index contributed by atoms with van der Waals surface area (Å²) in [7, 11) is 1.51. The number of nitrogens with zero attached hydrogens (tertiary/aromatic N) is 1. The summed E-state index contributed by atoms with van der Waals surface area (Å²) in [6, 6.07) is 17.2. The molecule has 41 heavy (non-hydrogen) atoms. The Bertz CT molecular complexity index is 1530. The van der Waals surface area contributed by atoms with Crippen molar-refractivity contribution in [1.82, 2.24) is 4.90 Å².